The van der Waals surface area contributed by atoms with E-state index in [4.69, 9.17) is 15.7 Å². The predicted molar refractivity (Wildman–Crippen MR) is 64.9 cm³/mol. The Morgan fingerprint density at radius 3 is 2.61 bits per heavy atom. The third-order valence-electron chi connectivity index (χ3n) is 2.41. The summed E-state index contributed by atoms with van der Waals surface area (Å²) in [4.78, 5) is 4.14. The molecule has 0 radical (unpaired) electrons. The lowest BCUT2D eigenvalue weighted by molar-refractivity contribution is 0.432. The molecule has 2 rings (SSSR count). The first-order chi connectivity index (χ1) is 8.60. The summed E-state index contributed by atoms with van der Waals surface area (Å²) in [5.74, 6) is 0.402. The molecule has 0 amide bonds. The number of anilines is 1. The van der Waals surface area contributed by atoms with Gasteiger partial charge in [0.1, 0.15) is 0 Å². The number of nitrogens with two attached hydrogens (primary N) is 1. The Kier molecular flexibility index (Phi) is 3.06. The highest BCUT2D eigenvalue weighted by Gasteiger charge is 2.07. The number of nitrogen functional groups attached to an aromatic ring is 1. The van der Waals surface area contributed by atoms with Crippen molar-refractivity contribution in [2.45, 2.75) is 13.8 Å². The average Bonchev–Trinajstić information content (AvgIpc) is 2.36. The van der Waals surface area contributed by atoms with Crippen molar-refractivity contribution in [1.82, 2.24) is 15.2 Å². The highest BCUT2D eigenvalue weighted by molar-refractivity contribution is 5.57. The summed E-state index contributed by atoms with van der Waals surface area (Å²) in [6, 6.07) is 6.88. The third-order valence-corrected chi connectivity index (χ3v) is 2.41. The van der Waals surface area contributed by atoms with E-state index in [-0.39, 0.29) is 6.01 Å². The van der Waals surface area contributed by atoms with E-state index in [1.165, 1.54) is 6.07 Å². The van der Waals surface area contributed by atoms with Crippen molar-refractivity contribution >= 4 is 5.69 Å². The fourth-order valence-electron chi connectivity index (χ4n) is 1.29. The quantitative estimate of drug-likeness (QED) is 0.804. The van der Waals surface area contributed by atoms with Crippen LogP contribution < -0.4 is 10.5 Å². The van der Waals surface area contributed by atoms with Crippen LogP contribution in [0.1, 0.15) is 17.0 Å². The van der Waals surface area contributed by atoms with E-state index in [2.05, 4.69) is 15.2 Å². The minimum Gasteiger partial charge on any atom is -0.421 e. The number of benzene rings is 1. The summed E-state index contributed by atoms with van der Waals surface area (Å²) in [7, 11) is 0. The molecule has 2 aromatic rings. The molecule has 0 aliphatic rings. The van der Waals surface area contributed by atoms with Crippen LogP contribution in [0.3, 0.4) is 0 Å². The van der Waals surface area contributed by atoms with Crippen molar-refractivity contribution in [3.63, 3.8) is 0 Å². The van der Waals surface area contributed by atoms with E-state index >= 15 is 0 Å². The van der Waals surface area contributed by atoms with Crippen LogP contribution >= 0.6 is 0 Å². The maximum absolute atomic E-state index is 8.73. The second kappa shape index (κ2) is 4.67. The largest absolute Gasteiger partial charge is 0.421 e. The van der Waals surface area contributed by atoms with Crippen LogP contribution in [-0.4, -0.2) is 15.2 Å². The Morgan fingerprint density at radius 2 is 2.00 bits per heavy atom. The topological polar surface area (TPSA) is 97.7 Å². The number of aromatic nitrogens is 3. The van der Waals surface area contributed by atoms with E-state index in [0.29, 0.717) is 17.0 Å². The Hall–Kier alpha value is -2.68. The molecule has 0 bridgehead atoms. The van der Waals surface area contributed by atoms with Crippen molar-refractivity contribution < 1.29 is 4.74 Å². The van der Waals surface area contributed by atoms with Crippen molar-refractivity contribution in [2.75, 3.05) is 5.73 Å². The lowest BCUT2D eigenvalue weighted by Crippen LogP contribution is -2.01. The number of aryl methyl sites for hydroxylation is 2. The zero-order chi connectivity index (χ0) is 13.1. The van der Waals surface area contributed by atoms with Crippen LogP contribution in [0, 0.1) is 25.2 Å². The van der Waals surface area contributed by atoms with Crippen LogP contribution in [0.2, 0.25) is 0 Å². The first-order valence-electron chi connectivity index (χ1n) is 5.25. The highest BCUT2D eigenvalue weighted by Crippen LogP contribution is 2.25. The van der Waals surface area contributed by atoms with E-state index in [9.17, 15) is 0 Å². The average molecular weight is 241 g/mol. The molecule has 6 nitrogen and oxygen atoms in total. The molecule has 0 fully saturated rings. The monoisotopic (exact) mass is 241 g/mol. The molecule has 1 aromatic heterocycles. The molecule has 6 heteroatoms. The first kappa shape index (κ1) is 11.8. The molecule has 2 N–H and O–H groups in total. The summed E-state index contributed by atoms with van der Waals surface area (Å²) in [5, 5.41) is 16.5. The Morgan fingerprint density at radius 1 is 1.22 bits per heavy atom. The zero-order valence-corrected chi connectivity index (χ0v) is 10.0. The van der Waals surface area contributed by atoms with Gasteiger partial charge in [0.2, 0.25) is 0 Å². The zero-order valence-electron chi connectivity index (χ0n) is 10.0. The van der Waals surface area contributed by atoms with Gasteiger partial charge in [-0.05, 0) is 32.0 Å². The molecule has 0 atom stereocenters. The van der Waals surface area contributed by atoms with Gasteiger partial charge in [-0.2, -0.15) is 10.2 Å². The van der Waals surface area contributed by atoms with Crippen LogP contribution in [-0.2, 0) is 0 Å². The van der Waals surface area contributed by atoms with Crippen molar-refractivity contribution in [1.29, 1.82) is 5.26 Å². The molecular weight excluding hydrogens is 230 g/mol. The maximum Gasteiger partial charge on any atom is 0.341 e. The van der Waals surface area contributed by atoms with Crippen molar-refractivity contribution in [2.24, 2.45) is 0 Å². The van der Waals surface area contributed by atoms with Crippen LogP contribution in [0.15, 0.2) is 18.2 Å². The molecule has 0 aliphatic heterocycles. The molecule has 1 heterocycles. The van der Waals surface area contributed by atoms with Crippen LogP contribution in [0.4, 0.5) is 5.69 Å². The number of rotatable bonds is 2. The number of hydrogen-bond donors (Lipinski definition) is 1. The van der Waals surface area contributed by atoms with Gasteiger partial charge >= 0.3 is 6.01 Å². The van der Waals surface area contributed by atoms with E-state index in [0.717, 1.165) is 11.4 Å². The fraction of sp³-hybridized carbons (Fsp3) is 0.167. The maximum atomic E-state index is 8.73. The molecule has 0 unspecified atom stereocenters. The SMILES string of the molecule is Cc1nnc(Oc2ccc(C#N)cc2N)nc1C. The van der Waals surface area contributed by atoms with E-state index in [1.54, 1.807) is 12.1 Å². The first-order valence-corrected chi connectivity index (χ1v) is 5.25. The van der Waals surface area contributed by atoms with Gasteiger partial charge in [-0.15, -0.1) is 5.10 Å². The van der Waals surface area contributed by atoms with Crippen molar-refractivity contribution in [3.8, 4) is 17.8 Å². The number of nitrogens with zero attached hydrogens (tertiary/aromatic N) is 4. The number of nitriles is 1. The number of ether oxygens (including phenoxy) is 1. The van der Waals surface area contributed by atoms with E-state index in [1.807, 2.05) is 19.9 Å². The highest BCUT2D eigenvalue weighted by atomic mass is 16.5. The van der Waals surface area contributed by atoms with Gasteiger partial charge in [-0.25, -0.2) is 0 Å². The second-order valence-corrected chi connectivity index (χ2v) is 3.73. The molecule has 0 saturated carbocycles. The van der Waals surface area contributed by atoms with Crippen molar-refractivity contribution in [3.05, 3.63) is 35.2 Å². The Labute approximate surface area is 104 Å². The smallest absolute Gasteiger partial charge is 0.341 e. The summed E-state index contributed by atoms with van der Waals surface area (Å²) >= 11 is 0. The van der Waals surface area contributed by atoms with Gasteiger partial charge < -0.3 is 10.5 Å². The number of hydrogen-bond acceptors (Lipinski definition) is 6. The standard InChI is InChI=1S/C12H11N5O/c1-7-8(2)16-17-12(15-7)18-11-4-3-9(6-13)5-10(11)14/h3-5H,14H2,1-2H3. The Balaban J connectivity index is 2.29. The summed E-state index contributed by atoms with van der Waals surface area (Å²) in [6.07, 6.45) is 0. The van der Waals surface area contributed by atoms with E-state index < -0.39 is 0 Å². The lowest BCUT2D eigenvalue weighted by atomic mass is 10.2. The van der Waals surface area contributed by atoms with Crippen LogP contribution in [0.25, 0.3) is 0 Å². The van der Waals surface area contributed by atoms with Gasteiger partial charge in [-0.3, -0.25) is 0 Å². The lowest BCUT2D eigenvalue weighted by Gasteiger charge is -2.07. The normalized spacial score (nSPS) is 9.83. The molecule has 0 spiro atoms. The molecule has 0 saturated heterocycles. The fourth-order valence-corrected chi connectivity index (χ4v) is 1.29. The molecule has 0 aliphatic carbocycles. The minimum absolute atomic E-state index is 0.134. The Bertz CT molecular complexity index is 633. The van der Waals surface area contributed by atoms with Gasteiger partial charge in [0.25, 0.3) is 0 Å². The summed E-state index contributed by atoms with van der Waals surface area (Å²) in [5.41, 5.74) is 8.08. The van der Waals surface area contributed by atoms with Gasteiger partial charge in [-0.1, -0.05) is 5.10 Å². The molecule has 90 valence electrons. The molecule has 1 aromatic carbocycles. The minimum atomic E-state index is 0.134. The summed E-state index contributed by atoms with van der Waals surface area (Å²) < 4.78 is 5.43. The summed E-state index contributed by atoms with van der Waals surface area (Å²) in [6.45, 7) is 3.63. The second-order valence-electron chi connectivity index (χ2n) is 3.73. The van der Waals surface area contributed by atoms with Crippen LogP contribution in [0.5, 0.6) is 11.8 Å². The van der Waals surface area contributed by atoms with Gasteiger partial charge in [0, 0.05) is 0 Å². The molecular formula is C12H11N5O. The third kappa shape index (κ3) is 2.35. The van der Waals surface area contributed by atoms with Gasteiger partial charge in [0.15, 0.2) is 5.75 Å². The van der Waals surface area contributed by atoms with Gasteiger partial charge in [0.05, 0.1) is 28.7 Å². The predicted octanol–water partition coefficient (Wildman–Crippen LogP) is 1.73. The molecule has 18 heavy (non-hydrogen) atoms.